The van der Waals surface area contributed by atoms with Crippen molar-refractivity contribution in [1.82, 2.24) is 4.98 Å². The number of nitrogens with zero attached hydrogens (tertiary/aromatic N) is 2. The number of aliphatic hydroxyl groups is 3. The van der Waals surface area contributed by atoms with Gasteiger partial charge in [-0.2, -0.15) is 5.26 Å². The van der Waals surface area contributed by atoms with Gasteiger partial charge >= 0.3 is 0 Å². The van der Waals surface area contributed by atoms with Gasteiger partial charge in [0, 0.05) is 18.0 Å². The van der Waals surface area contributed by atoms with Crippen LogP contribution >= 0.6 is 0 Å². The minimum Gasteiger partial charge on any atom is -0.394 e. The number of rotatable bonds is 2. The molecule has 0 radical (unpaired) electrons. The third-order valence-electron chi connectivity index (χ3n) is 2.76. The molecule has 17 heavy (non-hydrogen) atoms. The average Bonchev–Trinajstić information content (AvgIpc) is 2.66. The van der Waals surface area contributed by atoms with Crippen molar-refractivity contribution in [3.05, 3.63) is 29.6 Å². The van der Waals surface area contributed by atoms with Crippen LogP contribution in [-0.2, 0) is 4.74 Å². The van der Waals surface area contributed by atoms with Crippen LogP contribution in [0.1, 0.15) is 17.2 Å². The van der Waals surface area contributed by atoms with Gasteiger partial charge in [0.2, 0.25) is 0 Å². The lowest BCUT2D eigenvalue weighted by Gasteiger charge is -2.14. The van der Waals surface area contributed by atoms with Crippen molar-refractivity contribution in [2.24, 2.45) is 0 Å². The number of pyridine rings is 1. The van der Waals surface area contributed by atoms with E-state index in [2.05, 4.69) is 4.98 Å². The highest BCUT2D eigenvalue weighted by atomic mass is 16.6. The summed E-state index contributed by atoms with van der Waals surface area (Å²) in [5.41, 5.74) is 0.854. The maximum absolute atomic E-state index is 9.78. The van der Waals surface area contributed by atoms with Crippen LogP contribution in [0, 0.1) is 11.3 Å². The Hall–Kier alpha value is -1.52. The van der Waals surface area contributed by atoms with E-state index in [4.69, 9.17) is 15.1 Å². The number of aromatic nitrogens is 1. The highest BCUT2D eigenvalue weighted by Crippen LogP contribution is 2.33. The number of nitriles is 1. The summed E-state index contributed by atoms with van der Waals surface area (Å²) < 4.78 is 5.32. The molecular formula is C11H12N2O4. The van der Waals surface area contributed by atoms with E-state index in [1.54, 1.807) is 0 Å². The molecule has 6 nitrogen and oxygen atoms in total. The first-order valence-electron chi connectivity index (χ1n) is 5.15. The van der Waals surface area contributed by atoms with E-state index >= 15 is 0 Å². The van der Waals surface area contributed by atoms with E-state index in [1.165, 1.54) is 18.5 Å². The summed E-state index contributed by atoms with van der Waals surface area (Å²) in [7, 11) is 0. The monoisotopic (exact) mass is 236 g/mol. The van der Waals surface area contributed by atoms with Crippen molar-refractivity contribution in [2.75, 3.05) is 6.61 Å². The second-order valence-corrected chi connectivity index (χ2v) is 3.88. The van der Waals surface area contributed by atoms with Crippen molar-refractivity contribution in [2.45, 2.75) is 24.4 Å². The summed E-state index contributed by atoms with van der Waals surface area (Å²) in [6, 6.07) is 3.47. The van der Waals surface area contributed by atoms with Gasteiger partial charge < -0.3 is 20.1 Å². The predicted molar refractivity (Wildman–Crippen MR) is 55.7 cm³/mol. The minimum atomic E-state index is -1.14. The van der Waals surface area contributed by atoms with Crippen LogP contribution in [0.2, 0.25) is 0 Å². The van der Waals surface area contributed by atoms with E-state index in [9.17, 15) is 10.2 Å². The first-order chi connectivity index (χ1) is 8.17. The first kappa shape index (κ1) is 12.0. The smallest absolute Gasteiger partial charge is 0.113 e. The van der Waals surface area contributed by atoms with Crippen molar-refractivity contribution < 1.29 is 20.1 Å². The molecule has 4 atom stereocenters. The summed E-state index contributed by atoms with van der Waals surface area (Å²) >= 11 is 0. The molecule has 0 saturated carbocycles. The predicted octanol–water partition coefficient (Wildman–Crippen LogP) is -0.893. The van der Waals surface area contributed by atoms with Crippen molar-refractivity contribution in [1.29, 1.82) is 5.26 Å². The highest BCUT2D eigenvalue weighted by molar-refractivity contribution is 5.31. The van der Waals surface area contributed by atoms with Gasteiger partial charge in [0.05, 0.1) is 12.2 Å². The largest absolute Gasteiger partial charge is 0.394 e. The molecule has 2 heterocycles. The van der Waals surface area contributed by atoms with E-state index in [-0.39, 0.29) is 6.61 Å². The van der Waals surface area contributed by atoms with Gasteiger partial charge in [0.25, 0.3) is 0 Å². The molecule has 0 aromatic carbocycles. The standard InChI is InChI=1S/C11H12N2O4/c12-2-6-1-7(4-13-3-6)11-10(16)9(15)8(5-14)17-11/h1,3-4,8-11,14-16H,5H2/t8-,9-,10+,11-/m1/s1. The van der Waals surface area contributed by atoms with E-state index in [0.29, 0.717) is 11.1 Å². The van der Waals surface area contributed by atoms with E-state index < -0.39 is 24.4 Å². The van der Waals surface area contributed by atoms with E-state index in [0.717, 1.165) is 0 Å². The lowest BCUT2D eigenvalue weighted by Crippen LogP contribution is -2.32. The Morgan fingerprint density at radius 3 is 2.71 bits per heavy atom. The summed E-state index contributed by atoms with van der Waals surface area (Å²) in [4.78, 5) is 3.85. The zero-order valence-corrected chi connectivity index (χ0v) is 8.89. The molecule has 6 heteroatoms. The molecule has 0 unspecified atom stereocenters. The molecule has 0 amide bonds. The van der Waals surface area contributed by atoms with Crippen LogP contribution in [0.15, 0.2) is 18.5 Å². The Morgan fingerprint density at radius 2 is 2.12 bits per heavy atom. The van der Waals surface area contributed by atoms with Gasteiger partial charge in [-0.3, -0.25) is 4.98 Å². The molecule has 1 aromatic rings. The molecule has 1 aromatic heterocycles. The minimum absolute atomic E-state index is 0.347. The molecule has 2 rings (SSSR count). The normalized spacial score (nSPS) is 32.4. The van der Waals surface area contributed by atoms with Gasteiger partial charge in [0.1, 0.15) is 30.5 Å². The van der Waals surface area contributed by atoms with Crippen LogP contribution in [0.4, 0.5) is 0 Å². The maximum Gasteiger partial charge on any atom is 0.113 e. The molecule has 1 saturated heterocycles. The lowest BCUT2D eigenvalue weighted by molar-refractivity contribution is -0.0228. The summed E-state index contributed by atoms with van der Waals surface area (Å²) in [6.07, 6.45) is -1.02. The average molecular weight is 236 g/mol. The maximum atomic E-state index is 9.78. The molecule has 3 N–H and O–H groups in total. The van der Waals surface area contributed by atoms with Crippen LogP contribution in [0.25, 0.3) is 0 Å². The fraction of sp³-hybridized carbons (Fsp3) is 0.455. The van der Waals surface area contributed by atoms with Crippen LogP contribution in [-0.4, -0.2) is 45.2 Å². The van der Waals surface area contributed by atoms with Crippen molar-refractivity contribution >= 4 is 0 Å². The second-order valence-electron chi connectivity index (χ2n) is 3.88. The number of hydrogen-bond acceptors (Lipinski definition) is 6. The third-order valence-corrected chi connectivity index (χ3v) is 2.76. The molecule has 0 aliphatic carbocycles. The quantitative estimate of drug-likeness (QED) is 0.614. The Bertz CT molecular complexity index is 445. The van der Waals surface area contributed by atoms with Gasteiger partial charge in [0.15, 0.2) is 0 Å². The SMILES string of the molecule is N#Cc1cncc([C@H]2O[C@H](CO)[C@@H](O)[C@@H]2O)c1. The molecular weight excluding hydrogens is 224 g/mol. The topological polar surface area (TPSA) is 107 Å². The van der Waals surface area contributed by atoms with Gasteiger partial charge in [-0.05, 0) is 6.07 Å². The number of aliphatic hydroxyl groups excluding tert-OH is 3. The van der Waals surface area contributed by atoms with E-state index in [1.807, 2.05) is 6.07 Å². The molecule has 1 fully saturated rings. The summed E-state index contributed by atoms with van der Waals surface area (Å²) in [5, 5.41) is 37.1. The molecule has 0 bridgehead atoms. The Morgan fingerprint density at radius 1 is 1.35 bits per heavy atom. The van der Waals surface area contributed by atoms with Crippen LogP contribution in [0.3, 0.4) is 0 Å². The Labute approximate surface area is 97.7 Å². The van der Waals surface area contributed by atoms with Crippen molar-refractivity contribution in [3.8, 4) is 6.07 Å². The third kappa shape index (κ3) is 2.14. The second kappa shape index (κ2) is 4.77. The number of hydrogen-bond donors (Lipinski definition) is 3. The Balaban J connectivity index is 2.26. The van der Waals surface area contributed by atoms with Crippen LogP contribution in [0.5, 0.6) is 0 Å². The van der Waals surface area contributed by atoms with Crippen LogP contribution < -0.4 is 0 Å². The molecule has 90 valence electrons. The summed E-state index contributed by atoms with van der Waals surface area (Å²) in [6.45, 7) is -0.375. The zero-order valence-electron chi connectivity index (χ0n) is 8.89. The fourth-order valence-corrected chi connectivity index (χ4v) is 1.85. The number of ether oxygens (including phenoxy) is 1. The van der Waals surface area contributed by atoms with Gasteiger partial charge in [-0.1, -0.05) is 0 Å². The van der Waals surface area contributed by atoms with Gasteiger partial charge in [-0.15, -0.1) is 0 Å². The highest BCUT2D eigenvalue weighted by Gasteiger charge is 2.43. The van der Waals surface area contributed by atoms with Crippen molar-refractivity contribution in [3.63, 3.8) is 0 Å². The molecule has 0 spiro atoms. The van der Waals surface area contributed by atoms with Gasteiger partial charge in [-0.25, -0.2) is 0 Å². The molecule has 1 aliphatic rings. The zero-order chi connectivity index (χ0) is 12.4. The molecule has 1 aliphatic heterocycles. The lowest BCUT2D eigenvalue weighted by atomic mass is 10.0. The first-order valence-corrected chi connectivity index (χ1v) is 5.15. The Kier molecular flexibility index (Phi) is 3.36. The summed E-state index contributed by atoms with van der Waals surface area (Å²) in [5.74, 6) is 0. The fourth-order valence-electron chi connectivity index (χ4n) is 1.85.